The van der Waals surface area contributed by atoms with E-state index in [0.29, 0.717) is 5.69 Å². The first-order valence-corrected chi connectivity index (χ1v) is 5.04. The lowest BCUT2D eigenvalue weighted by Crippen LogP contribution is -2.21. The monoisotopic (exact) mass is 210 g/mol. The minimum Gasteiger partial charge on any atom is -0.399 e. The molecule has 1 aromatic heterocycles. The first kappa shape index (κ1) is 9.03. The molecule has 0 saturated carbocycles. The van der Waals surface area contributed by atoms with E-state index in [1.54, 1.807) is 12.4 Å². The highest BCUT2D eigenvalue weighted by Crippen LogP contribution is 2.17. The molecule has 0 unspecified atom stereocenters. The van der Waals surface area contributed by atoms with Gasteiger partial charge in [-0.2, -0.15) is 0 Å². The van der Waals surface area contributed by atoms with Crippen molar-refractivity contribution < 1.29 is 0 Å². The Balaban J connectivity index is 2.11. The van der Waals surface area contributed by atoms with E-state index in [1.165, 1.54) is 0 Å². The summed E-state index contributed by atoms with van der Waals surface area (Å²) in [5, 5.41) is 1.75. The summed E-state index contributed by atoms with van der Waals surface area (Å²) < 4.78 is 0. The SMILES string of the molecule is Nc1ccc2c(c1)=N[C@@H](c1cccnc1)N=2. The summed E-state index contributed by atoms with van der Waals surface area (Å²) in [6.45, 7) is 0. The molecular weight excluding hydrogens is 200 g/mol. The Morgan fingerprint density at radius 2 is 1.94 bits per heavy atom. The van der Waals surface area contributed by atoms with Crippen molar-refractivity contribution in [2.24, 2.45) is 9.98 Å². The standard InChI is InChI=1S/C12H10N4/c13-9-3-4-10-11(6-9)16-12(15-10)8-2-1-5-14-7-8/h1-7,12H,13H2/t12-/m0/s1. The fourth-order valence-corrected chi connectivity index (χ4v) is 1.72. The van der Waals surface area contributed by atoms with Crippen molar-refractivity contribution in [3.63, 3.8) is 0 Å². The molecule has 1 aromatic carbocycles. The van der Waals surface area contributed by atoms with Gasteiger partial charge in [0.15, 0.2) is 6.17 Å². The summed E-state index contributed by atoms with van der Waals surface area (Å²) in [5.41, 5.74) is 7.41. The molecule has 1 atom stereocenters. The number of nitrogen functional groups attached to an aromatic ring is 1. The van der Waals surface area contributed by atoms with Crippen LogP contribution in [0.1, 0.15) is 11.7 Å². The third-order valence-corrected chi connectivity index (χ3v) is 2.50. The number of rotatable bonds is 1. The van der Waals surface area contributed by atoms with Crippen LogP contribution in [0.3, 0.4) is 0 Å². The average Bonchev–Trinajstić information content (AvgIpc) is 2.73. The molecule has 0 amide bonds. The molecule has 4 nitrogen and oxygen atoms in total. The molecule has 0 fully saturated rings. The Morgan fingerprint density at radius 3 is 2.75 bits per heavy atom. The predicted molar refractivity (Wildman–Crippen MR) is 60.1 cm³/mol. The van der Waals surface area contributed by atoms with Crippen LogP contribution in [0.25, 0.3) is 0 Å². The van der Waals surface area contributed by atoms with Gasteiger partial charge < -0.3 is 5.73 Å². The Bertz CT molecular complexity index is 634. The van der Waals surface area contributed by atoms with Gasteiger partial charge in [0, 0.05) is 23.6 Å². The van der Waals surface area contributed by atoms with Crippen molar-refractivity contribution in [1.82, 2.24) is 4.98 Å². The lowest BCUT2D eigenvalue weighted by atomic mass is 10.2. The van der Waals surface area contributed by atoms with Crippen LogP contribution in [0.4, 0.5) is 5.69 Å². The maximum atomic E-state index is 5.70. The lowest BCUT2D eigenvalue weighted by molar-refractivity contribution is 0.766. The van der Waals surface area contributed by atoms with Crippen LogP contribution in [0.15, 0.2) is 52.7 Å². The summed E-state index contributed by atoms with van der Waals surface area (Å²) in [4.78, 5) is 13.1. The van der Waals surface area contributed by atoms with Gasteiger partial charge in [0.2, 0.25) is 0 Å². The Hall–Kier alpha value is -2.23. The van der Waals surface area contributed by atoms with E-state index in [0.717, 1.165) is 16.3 Å². The third kappa shape index (κ3) is 1.44. The fourth-order valence-electron chi connectivity index (χ4n) is 1.72. The van der Waals surface area contributed by atoms with Gasteiger partial charge in [0.05, 0.1) is 10.7 Å². The van der Waals surface area contributed by atoms with Crippen molar-refractivity contribution in [1.29, 1.82) is 0 Å². The largest absolute Gasteiger partial charge is 0.399 e. The van der Waals surface area contributed by atoms with Gasteiger partial charge in [-0.15, -0.1) is 0 Å². The van der Waals surface area contributed by atoms with E-state index < -0.39 is 0 Å². The molecule has 4 heteroatoms. The van der Waals surface area contributed by atoms with Gasteiger partial charge in [0.25, 0.3) is 0 Å². The minimum absolute atomic E-state index is 0.175. The molecule has 0 spiro atoms. The van der Waals surface area contributed by atoms with Crippen molar-refractivity contribution in [2.75, 3.05) is 5.73 Å². The van der Waals surface area contributed by atoms with Gasteiger partial charge in [0.1, 0.15) is 0 Å². The summed E-state index contributed by atoms with van der Waals surface area (Å²) in [6, 6.07) is 9.43. The van der Waals surface area contributed by atoms with Crippen molar-refractivity contribution in [2.45, 2.75) is 6.17 Å². The Kier molecular flexibility index (Phi) is 1.93. The van der Waals surface area contributed by atoms with E-state index in [4.69, 9.17) is 5.73 Å². The highest BCUT2D eigenvalue weighted by molar-refractivity contribution is 5.36. The van der Waals surface area contributed by atoms with Crippen LogP contribution in [0.2, 0.25) is 0 Å². The van der Waals surface area contributed by atoms with Gasteiger partial charge in [-0.1, -0.05) is 6.07 Å². The summed E-state index contributed by atoms with van der Waals surface area (Å²) in [6.07, 6.45) is 3.35. The molecule has 78 valence electrons. The van der Waals surface area contributed by atoms with Crippen LogP contribution in [-0.4, -0.2) is 4.98 Å². The zero-order valence-electron chi connectivity index (χ0n) is 8.54. The highest BCUT2D eigenvalue weighted by Gasteiger charge is 2.12. The summed E-state index contributed by atoms with van der Waals surface area (Å²) >= 11 is 0. The molecule has 1 aliphatic rings. The minimum atomic E-state index is -0.175. The van der Waals surface area contributed by atoms with Crippen LogP contribution >= 0.6 is 0 Å². The molecule has 3 rings (SSSR count). The second kappa shape index (κ2) is 3.41. The second-order valence-electron chi connectivity index (χ2n) is 3.67. The van der Waals surface area contributed by atoms with Crippen molar-refractivity contribution in [3.8, 4) is 0 Å². The number of hydrogen-bond acceptors (Lipinski definition) is 4. The Morgan fingerprint density at radius 1 is 1.06 bits per heavy atom. The number of fused-ring (bicyclic) bond motifs is 1. The second-order valence-corrected chi connectivity index (χ2v) is 3.67. The molecular formula is C12H10N4. The third-order valence-electron chi connectivity index (χ3n) is 2.50. The number of benzene rings is 1. The smallest absolute Gasteiger partial charge is 0.168 e. The molecule has 2 N–H and O–H groups in total. The quantitative estimate of drug-likeness (QED) is 0.701. The molecule has 0 saturated heterocycles. The topological polar surface area (TPSA) is 63.6 Å². The number of anilines is 1. The fraction of sp³-hybridized carbons (Fsp3) is 0.0833. The first-order chi connectivity index (χ1) is 7.83. The molecule has 16 heavy (non-hydrogen) atoms. The van der Waals surface area contributed by atoms with Gasteiger partial charge >= 0.3 is 0 Å². The molecule has 0 bridgehead atoms. The summed E-state index contributed by atoms with van der Waals surface area (Å²) in [7, 11) is 0. The molecule has 2 heterocycles. The van der Waals surface area contributed by atoms with Gasteiger partial charge in [-0.3, -0.25) is 15.0 Å². The van der Waals surface area contributed by atoms with Crippen molar-refractivity contribution >= 4 is 5.69 Å². The van der Waals surface area contributed by atoms with Crippen LogP contribution in [0, 0.1) is 0 Å². The van der Waals surface area contributed by atoms with Gasteiger partial charge in [-0.25, -0.2) is 0 Å². The predicted octanol–water partition coefficient (Wildman–Crippen LogP) is 0.615. The van der Waals surface area contributed by atoms with Crippen LogP contribution in [0.5, 0.6) is 0 Å². The lowest BCUT2D eigenvalue weighted by Gasteiger charge is -2.01. The van der Waals surface area contributed by atoms with E-state index >= 15 is 0 Å². The molecule has 0 radical (unpaired) electrons. The number of hydrogen-bond donors (Lipinski definition) is 1. The molecule has 0 aliphatic carbocycles. The van der Waals surface area contributed by atoms with E-state index in [2.05, 4.69) is 15.0 Å². The van der Waals surface area contributed by atoms with Gasteiger partial charge in [-0.05, 0) is 24.3 Å². The maximum Gasteiger partial charge on any atom is 0.168 e. The van der Waals surface area contributed by atoms with Crippen molar-refractivity contribution in [3.05, 3.63) is 59.0 Å². The molecule has 1 aliphatic heterocycles. The van der Waals surface area contributed by atoms with Crippen LogP contribution < -0.4 is 16.4 Å². The number of nitrogens with zero attached hydrogens (tertiary/aromatic N) is 3. The maximum absolute atomic E-state index is 5.70. The Labute approximate surface area is 92.2 Å². The summed E-state index contributed by atoms with van der Waals surface area (Å²) in [5.74, 6) is 0. The van der Waals surface area contributed by atoms with E-state index in [1.807, 2.05) is 30.3 Å². The zero-order valence-corrected chi connectivity index (χ0v) is 8.54. The van der Waals surface area contributed by atoms with E-state index in [9.17, 15) is 0 Å². The number of nitrogens with two attached hydrogens (primary N) is 1. The first-order valence-electron chi connectivity index (χ1n) is 5.04. The molecule has 2 aromatic rings. The average molecular weight is 210 g/mol. The van der Waals surface area contributed by atoms with E-state index in [-0.39, 0.29) is 6.17 Å². The normalized spacial score (nSPS) is 17.4. The van der Waals surface area contributed by atoms with Crippen LogP contribution in [-0.2, 0) is 0 Å². The number of aromatic nitrogens is 1. The number of pyridine rings is 1. The zero-order chi connectivity index (χ0) is 11.0. The highest BCUT2D eigenvalue weighted by atomic mass is 15.0.